The minimum absolute atomic E-state index is 0.107. The highest BCUT2D eigenvalue weighted by molar-refractivity contribution is 5.80. The summed E-state index contributed by atoms with van der Waals surface area (Å²) < 4.78 is 13.9. The SMILES string of the molecule is O=C(N[C@@H](CCN1C[C@@H]2CN(C(=O)C3CCCC3)C[C@@H]2C1)c1cccc(F)c1)C1CCCC1. The Bertz CT molecular complexity index is 836. The lowest BCUT2D eigenvalue weighted by molar-refractivity contribution is -0.134. The van der Waals surface area contributed by atoms with Crippen molar-refractivity contribution in [2.24, 2.45) is 23.7 Å². The third-order valence-corrected chi connectivity index (χ3v) is 8.61. The number of carbonyl (C=O) groups excluding carboxylic acids is 2. The molecule has 2 amide bonds. The molecule has 2 aliphatic carbocycles. The Morgan fingerprint density at radius 3 is 2.21 bits per heavy atom. The van der Waals surface area contributed by atoms with Gasteiger partial charge in [0.2, 0.25) is 11.8 Å². The number of rotatable bonds is 7. The molecule has 0 spiro atoms. The number of nitrogens with one attached hydrogen (secondary N) is 1. The molecule has 1 aromatic rings. The van der Waals surface area contributed by atoms with E-state index in [1.165, 1.54) is 18.9 Å². The molecule has 2 saturated carbocycles. The minimum atomic E-state index is -0.254. The lowest BCUT2D eigenvalue weighted by atomic mass is 10.0. The molecule has 0 unspecified atom stereocenters. The number of nitrogens with zero attached hydrogens (tertiary/aromatic N) is 2. The summed E-state index contributed by atoms with van der Waals surface area (Å²) in [4.78, 5) is 30.3. The van der Waals surface area contributed by atoms with Gasteiger partial charge in [-0.25, -0.2) is 4.39 Å². The molecule has 0 aromatic heterocycles. The summed E-state index contributed by atoms with van der Waals surface area (Å²) >= 11 is 0. The molecule has 4 aliphatic rings. The number of carbonyl (C=O) groups is 2. The van der Waals surface area contributed by atoms with E-state index in [9.17, 15) is 14.0 Å². The molecule has 1 aromatic carbocycles. The summed E-state index contributed by atoms with van der Waals surface area (Å²) in [7, 11) is 0. The Morgan fingerprint density at radius 2 is 1.58 bits per heavy atom. The van der Waals surface area contributed by atoms with Gasteiger partial charge in [0.15, 0.2) is 0 Å². The lowest BCUT2D eigenvalue weighted by Crippen LogP contribution is -2.38. The molecule has 0 radical (unpaired) electrons. The van der Waals surface area contributed by atoms with Gasteiger partial charge >= 0.3 is 0 Å². The predicted octanol–water partition coefficient (Wildman–Crippen LogP) is 4.14. The van der Waals surface area contributed by atoms with E-state index in [1.54, 1.807) is 12.1 Å². The van der Waals surface area contributed by atoms with Gasteiger partial charge in [-0.3, -0.25) is 9.59 Å². The molecule has 1 N–H and O–H groups in total. The summed E-state index contributed by atoms with van der Waals surface area (Å²) in [6.45, 7) is 4.73. The second-order valence-electron chi connectivity index (χ2n) is 10.9. The van der Waals surface area contributed by atoms with Crippen molar-refractivity contribution in [3.05, 3.63) is 35.6 Å². The molecule has 33 heavy (non-hydrogen) atoms. The first-order valence-electron chi connectivity index (χ1n) is 13.1. The smallest absolute Gasteiger partial charge is 0.225 e. The van der Waals surface area contributed by atoms with Gasteiger partial charge in [0.1, 0.15) is 5.82 Å². The van der Waals surface area contributed by atoms with Gasteiger partial charge in [0.05, 0.1) is 6.04 Å². The highest BCUT2D eigenvalue weighted by Crippen LogP contribution is 2.35. The van der Waals surface area contributed by atoms with Crippen LogP contribution < -0.4 is 5.32 Å². The lowest BCUT2D eigenvalue weighted by Gasteiger charge is -2.26. The van der Waals surface area contributed by atoms with Crippen molar-refractivity contribution in [1.29, 1.82) is 0 Å². The van der Waals surface area contributed by atoms with Crippen LogP contribution in [0, 0.1) is 29.5 Å². The molecule has 2 saturated heterocycles. The zero-order valence-electron chi connectivity index (χ0n) is 19.7. The van der Waals surface area contributed by atoms with Crippen molar-refractivity contribution in [1.82, 2.24) is 15.1 Å². The van der Waals surface area contributed by atoms with Crippen LogP contribution in [0.2, 0.25) is 0 Å². The van der Waals surface area contributed by atoms with Gasteiger partial charge in [-0.15, -0.1) is 0 Å². The van der Waals surface area contributed by atoms with E-state index >= 15 is 0 Å². The van der Waals surface area contributed by atoms with E-state index in [0.717, 1.165) is 83.2 Å². The summed E-state index contributed by atoms with van der Waals surface area (Å²) in [6.07, 6.45) is 9.52. The van der Waals surface area contributed by atoms with E-state index in [-0.39, 0.29) is 29.6 Å². The van der Waals surface area contributed by atoms with Gasteiger partial charge in [-0.2, -0.15) is 0 Å². The highest BCUT2D eigenvalue weighted by atomic mass is 19.1. The van der Waals surface area contributed by atoms with Crippen LogP contribution in [-0.4, -0.2) is 54.3 Å². The molecule has 4 fully saturated rings. The second kappa shape index (κ2) is 10.1. The predicted molar refractivity (Wildman–Crippen MR) is 126 cm³/mol. The van der Waals surface area contributed by atoms with Crippen molar-refractivity contribution in [2.75, 3.05) is 32.7 Å². The third kappa shape index (κ3) is 5.26. The topological polar surface area (TPSA) is 52.7 Å². The summed E-state index contributed by atoms with van der Waals surface area (Å²) in [6, 6.07) is 6.52. The number of amides is 2. The van der Waals surface area contributed by atoms with Crippen LogP contribution in [0.1, 0.15) is 69.4 Å². The van der Waals surface area contributed by atoms with Crippen LogP contribution in [-0.2, 0) is 9.59 Å². The Morgan fingerprint density at radius 1 is 0.939 bits per heavy atom. The molecule has 180 valence electrons. The summed E-state index contributed by atoms with van der Waals surface area (Å²) in [5, 5.41) is 3.24. The Labute approximate surface area is 197 Å². The molecular formula is C27H38FN3O2. The third-order valence-electron chi connectivity index (χ3n) is 8.61. The Balaban J connectivity index is 1.15. The number of fused-ring (bicyclic) bond motifs is 1. The van der Waals surface area contributed by atoms with Crippen LogP contribution in [0.15, 0.2) is 24.3 Å². The standard InChI is InChI=1S/C27H38FN3O2/c28-24-11-5-10-21(14-24)25(29-26(32)19-6-1-2-7-19)12-13-30-15-22-17-31(18-23(22)16-30)27(33)20-8-3-4-9-20/h5,10-11,14,19-20,22-23,25H,1-4,6-9,12-13,15-18H2,(H,29,32)/t22-,23+,25-/m0/s1. The molecular weight excluding hydrogens is 417 g/mol. The van der Waals surface area contributed by atoms with Gasteiger partial charge < -0.3 is 15.1 Å². The van der Waals surface area contributed by atoms with Crippen LogP contribution in [0.5, 0.6) is 0 Å². The van der Waals surface area contributed by atoms with E-state index in [4.69, 9.17) is 0 Å². The fraction of sp³-hybridized carbons (Fsp3) is 0.704. The fourth-order valence-corrected chi connectivity index (χ4v) is 6.72. The van der Waals surface area contributed by atoms with Crippen LogP contribution in [0.4, 0.5) is 4.39 Å². The van der Waals surface area contributed by atoms with Crippen LogP contribution >= 0.6 is 0 Å². The average molecular weight is 456 g/mol. The van der Waals surface area contributed by atoms with E-state index in [1.807, 2.05) is 6.07 Å². The molecule has 2 aliphatic heterocycles. The number of halogens is 1. The number of hydrogen-bond acceptors (Lipinski definition) is 3. The molecule has 0 bridgehead atoms. The maximum absolute atomic E-state index is 13.9. The van der Waals surface area contributed by atoms with Crippen molar-refractivity contribution >= 4 is 11.8 Å². The van der Waals surface area contributed by atoms with Gasteiger partial charge in [0, 0.05) is 44.6 Å². The normalized spacial score (nSPS) is 27.2. The summed E-state index contributed by atoms with van der Waals surface area (Å²) in [5.74, 6) is 1.78. The number of hydrogen-bond donors (Lipinski definition) is 1. The Hall–Kier alpha value is -1.95. The highest BCUT2D eigenvalue weighted by Gasteiger charge is 2.43. The van der Waals surface area contributed by atoms with Crippen molar-refractivity contribution in [3.8, 4) is 0 Å². The van der Waals surface area contributed by atoms with Gasteiger partial charge in [0.25, 0.3) is 0 Å². The zero-order chi connectivity index (χ0) is 22.8. The van der Waals surface area contributed by atoms with Gasteiger partial charge in [-0.1, -0.05) is 37.8 Å². The maximum Gasteiger partial charge on any atom is 0.225 e. The van der Waals surface area contributed by atoms with Crippen molar-refractivity contribution in [3.63, 3.8) is 0 Å². The first-order chi connectivity index (χ1) is 16.1. The molecule has 2 heterocycles. The fourth-order valence-electron chi connectivity index (χ4n) is 6.72. The molecule has 5 rings (SSSR count). The largest absolute Gasteiger partial charge is 0.349 e. The van der Waals surface area contributed by atoms with E-state index < -0.39 is 0 Å². The molecule has 6 heteroatoms. The minimum Gasteiger partial charge on any atom is -0.349 e. The first-order valence-corrected chi connectivity index (χ1v) is 13.1. The van der Waals surface area contributed by atoms with Gasteiger partial charge in [-0.05, 0) is 61.6 Å². The quantitative estimate of drug-likeness (QED) is 0.672. The van der Waals surface area contributed by atoms with E-state index in [2.05, 4.69) is 15.1 Å². The van der Waals surface area contributed by atoms with E-state index in [0.29, 0.717) is 17.7 Å². The van der Waals surface area contributed by atoms with Crippen LogP contribution in [0.25, 0.3) is 0 Å². The zero-order valence-corrected chi connectivity index (χ0v) is 19.7. The number of benzene rings is 1. The molecule has 3 atom stereocenters. The van der Waals surface area contributed by atoms with Crippen LogP contribution in [0.3, 0.4) is 0 Å². The summed E-state index contributed by atoms with van der Waals surface area (Å²) in [5.41, 5.74) is 0.856. The number of likely N-dealkylation sites (tertiary alicyclic amines) is 2. The Kier molecular flexibility index (Phi) is 7.00. The van der Waals surface area contributed by atoms with Crippen molar-refractivity contribution in [2.45, 2.75) is 63.8 Å². The average Bonchev–Trinajstić information content (AvgIpc) is 3.59. The second-order valence-corrected chi connectivity index (χ2v) is 10.9. The monoisotopic (exact) mass is 455 g/mol. The first kappa shape index (κ1) is 22.8. The van der Waals surface area contributed by atoms with Crippen molar-refractivity contribution < 1.29 is 14.0 Å². The maximum atomic E-state index is 13.9. The molecule has 5 nitrogen and oxygen atoms in total.